The first-order chi connectivity index (χ1) is 13.1. The van der Waals surface area contributed by atoms with Crippen molar-refractivity contribution in [2.75, 3.05) is 6.61 Å². The van der Waals surface area contributed by atoms with Crippen molar-refractivity contribution in [3.8, 4) is 0 Å². The third-order valence-corrected chi connectivity index (χ3v) is 10.4. The highest BCUT2D eigenvalue weighted by molar-refractivity contribution is 6.74. The SMILES string of the molecule is CC(C)(C)[Si](C)(C)OC[C@@H]1O[C@H](c2ccccc2)O[C@H]2[C@@H]1OC(O)[C@H]2N=[N+]=[N-]. The lowest BCUT2D eigenvalue weighted by atomic mass is 10.0. The zero-order valence-electron chi connectivity index (χ0n) is 17.0. The molecule has 1 aromatic rings. The van der Waals surface area contributed by atoms with Gasteiger partial charge in [-0.05, 0) is 23.7 Å². The highest BCUT2D eigenvalue weighted by atomic mass is 28.4. The Labute approximate surface area is 166 Å². The van der Waals surface area contributed by atoms with Crippen LogP contribution in [0, 0.1) is 0 Å². The molecule has 0 aliphatic carbocycles. The number of azide groups is 1. The average molecular weight is 408 g/mol. The van der Waals surface area contributed by atoms with Gasteiger partial charge in [-0.25, -0.2) is 0 Å². The Bertz CT molecular complexity index is 720. The van der Waals surface area contributed by atoms with E-state index in [1.54, 1.807) is 0 Å². The lowest BCUT2D eigenvalue weighted by Crippen LogP contribution is -2.52. The Morgan fingerprint density at radius 1 is 1.14 bits per heavy atom. The lowest BCUT2D eigenvalue weighted by molar-refractivity contribution is -0.286. The third kappa shape index (κ3) is 4.26. The van der Waals surface area contributed by atoms with Gasteiger partial charge in [0.1, 0.15) is 24.4 Å². The number of fused-ring (bicyclic) bond motifs is 1. The average Bonchev–Trinajstić information content (AvgIpc) is 2.95. The maximum absolute atomic E-state index is 10.2. The molecule has 2 saturated heterocycles. The van der Waals surface area contributed by atoms with Gasteiger partial charge in [0.2, 0.25) is 0 Å². The molecule has 2 aliphatic heterocycles. The zero-order chi connectivity index (χ0) is 20.5. The Balaban J connectivity index is 1.84. The van der Waals surface area contributed by atoms with Gasteiger partial charge in [-0.2, -0.15) is 0 Å². The van der Waals surface area contributed by atoms with E-state index in [9.17, 15) is 5.11 Å². The molecule has 28 heavy (non-hydrogen) atoms. The van der Waals surface area contributed by atoms with Crippen molar-refractivity contribution in [3.05, 3.63) is 46.3 Å². The van der Waals surface area contributed by atoms with Crippen LogP contribution in [0.5, 0.6) is 0 Å². The molecule has 8 nitrogen and oxygen atoms in total. The van der Waals surface area contributed by atoms with Crippen LogP contribution < -0.4 is 0 Å². The molecule has 0 bridgehead atoms. The van der Waals surface area contributed by atoms with E-state index >= 15 is 0 Å². The Kier molecular flexibility index (Phi) is 6.16. The highest BCUT2D eigenvalue weighted by Gasteiger charge is 2.53. The van der Waals surface area contributed by atoms with Crippen LogP contribution >= 0.6 is 0 Å². The Morgan fingerprint density at radius 2 is 1.82 bits per heavy atom. The number of benzene rings is 1. The summed E-state index contributed by atoms with van der Waals surface area (Å²) in [5, 5.41) is 14.0. The minimum absolute atomic E-state index is 0.0556. The summed E-state index contributed by atoms with van der Waals surface area (Å²) in [4.78, 5) is 2.84. The largest absolute Gasteiger partial charge is 0.414 e. The third-order valence-electron chi connectivity index (χ3n) is 5.87. The number of ether oxygens (including phenoxy) is 3. The number of aliphatic hydroxyl groups is 1. The fraction of sp³-hybridized carbons (Fsp3) is 0.684. The van der Waals surface area contributed by atoms with Crippen molar-refractivity contribution in [1.82, 2.24) is 0 Å². The molecule has 6 atom stereocenters. The van der Waals surface area contributed by atoms with Gasteiger partial charge in [0.05, 0.1) is 6.61 Å². The quantitative estimate of drug-likeness (QED) is 0.345. The molecule has 0 aromatic heterocycles. The first-order valence-corrected chi connectivity index (χ1v) is 12.4. The van der Waals surface area contributed by atoms with E-state index in [4.69, 9.17) is 24.2 Å². The smallest absolute Gasteiger partial charge is 0.192 e. The molecule has 154 valence electrons. The molecule has 0 amide bonds. The maximum atomic E-state index is 10.2. The first kappa shape index (κ1) is 21.3. The Morgan fingerprint density at radius 3 is 2.43 bits per heavy atom. The topological polar surface area (TPSA) is 106 Å². The summed E-state index contributed by atoms with van der Waals surface area (Å²) in [6, 6.07) is 8.70. The maximum Gasteiger partial charge on any atom is 0.192 e. The van der Waals surface area contributed by atoms with Crippen LogP contribution in [0.15, 0.2) is 35.4 Å². The van der Waals surface area contributed by atoms with Crippen LogP contribution in [0.4, 0.5) is 0 Å². The van der Waals surface area contributed by atoms with E-state index in [0.717, 1.165) is 5.56 Å². The molecular formula is C19H29N3O5Si. The number of hydrogen-bond donors (Lipinski definition) is 1. The summed E-state index contributed by atoms with van der Waals surface area (Å²) >= 11 is 0. The minimum Gasteiger partial charge on any atom is -0.414 e. The monoisotopic (exact) mass is 407 g/mol. The van der Waals surface area contributed by atoms with E-state index in [1.165, 1.54) is 0 Å². The molecule has 2 heterocycles. The lowest BCUT2D eigenvalue weighted by Gasteiger charge is -2.42. The molecule has 9 heteroatoms. The van der Waals surface area contributed by atoms with Gasteiger partial charge >= 0.3 is 0 Å². The van der Waals surface area contributed by atoms with Crippen molar-refractivity contribution in [3.63, 3.8) is 0 Å². The fourth-order valence-electron chi connectivity index (χ4n) is 3.13. The van der Waals surface area contributed by atoms with Crippen LogP contribution in [0.1, 0.15) is 32.6 Å². The summed E-state index contributed by atoms with van der Waals surface area (Å²) in [6.07, 6.45) is -3.53. The van der Waals surface area contributed by atoms with Crippen LogP contribution in [0.3, 0.4) is 0 Å². The second-order valence-corrected chi connectivity index (χ2v) is 13.6. The van der Waals surface area contributed by atoms with Gasteiger partial charge in [0, 0.05) is 10.5 Å². The molecule has 1 N–H and O–H groups in total. The zero-order valence-corrected chi connectivity index (χ0v) is 18.0. The number of rotatable bonds is 5. The highest BCUT2D eigenvalue weighted by Crippen LogP contribution is 2.41. The predicted molar refractivity (Wildman–Crippen MR) is 106 cm³/mol. The standard InChI is InChI=1S/C19H29N3O5Si/c1-19(2,3)28(4,5)24-11-13-15-16(14(21-22-20)17(23)26-15)27-18(25-13)12-9-7-6-8-10-12/h6-10,13-18,23H,11H2,1-5H3/t13-,14-,15+,16+,17?,18-/m0/s1. The van der Waals surface area contributed by atoms with E-state index < -0.39 is 45.3 Å². The fourth-order valence-corrected chi connectivity index (χ4v) is 4.15. The van der Waals surface area contributed by atoms with Crippen LogP contribution in [0.25, 0.3) is 10.4 Å². The molecule has 2 fully saturated rings. The molecule has 2 aliphatic rings. The summed E-state index contributed by atoms with van der Waals surface area (Å²) in [5.74, 6) is 0. The summed E-state index contributed by atoms with van der Waals surface area (Å²) in [6.45, 7) is 11.2. The first-order valence-electron chi connectivity index (χ1n) is 9.51. The van der Waals surface area contributed by atoms with Gasteiger partial charge in [-0.3, -0.25) is 0 Å². The van der Waals surface area contributed by atoms with E-state index in [2.05, 4.69) is 43.9 Å². The normalized spacial score (nSPS) is 33.2. The molecule has 0 spiro atoms. The van der Waals surface area contributed by atoms with Crippen LogP contribution in [0.2, 0.25) is 18.1 Å². The molecule has 0 saturated carbocycles. The summed E-state index contributed by atoms with van der Waals surface area (Å²) < 4.78 is 24.2. The second-order valence-electron chi connectivity index (χ2n) is 8.78. The van der Waals surface area contributed by atoms with Gasteiger partial charge in [-0.1, -0.05) is 56.2 Å². The minimum atomic E-state index is -2.00. The van der Waals surface area contributed by atoms with Crippen LogP contribution in [-0.2, 0) is 18.6 Å². The van der Waals surface area contributed by atoms with Crippen molar-refractivity contribution < 1.29 is 23.7 Å². The van der Waals surface area contributed by atoms with Crippen LogP contribution in [-0.4, -0.2) is 50.7 Å². The van der Waals surface area contributed by atoms with Gasteiger partial charge in [0.25, 0.3) is 0 Å². The number of hydrogen-bond acceptors (Lipinski definition) is 6. The molecule has 1 aromatic carbocycles. The Hall–Kier alpha value is -1.45. The van der Waals surface area contributed by atoms with E-state index in [-0.39, 0.29) is 5.04 Å². The summed E-state index contributed by atoms with van der Waals surface area (Å²) in [7, 11) is -2.00. The van der Waals surface area contributed by atoms with E-state index in [1.807, 2.05) is 30.3 Å². The molecule has 3 rings (SSSR count). The van der Waals surface area contributed by atoms with Crippen molar-refractivity contribution in [2.24, 2.45) is 5.11 Å². The van der Waals surface area contributed by atoms with Gasteiger partial charge < -0.3 is 23.7 Å². The van der Waals surface area contributed by atoms with Crippen molar-refractivity contribution >= 4 is 8.32 Å². The van der Waals surface area contributed by atoms with Gasteiger partial charge in [-0.15, -0.1) is 0 Å². The molecule has 0 radical (unpaired) electrons. The van der Waals surface area contributed by atoms with E-state index in [0.29, 0.717) is 6.61 Å². The predicted octanol–water partition coefficient (Wildman–Crippen LogP) is 3.89. The van der Waals surface area contributed by atoms with Crippen molar-refractivity contribution in [1.29, 1.82) is 0 Å². The number of aliphatic hydroxyl groups excluding tert-OH is 1. The van der Waals surface area contributed by atoms with Gasteiger partial charge in [0.15, 0.2) is 20.9 Å². The summed E-state index contributed by atoms with van der Waals surface area (Å²) in [5.41, 5.74) is 9.72. The molecule has 1 unspecified atom stereocenters. The molecular weight excluding hydrogens is 378 g/mol. The second kappa shape index (κ2) is 8.12. The van der Waals surface area contributed by atoms with Crippen molar-refractivity contribution in [2.45, 2.75) is 75.8 Å². The number of nitrogens with zero attached hydrogens (tertiary/aromatic N) is 3.